The molecule has 0 aliphatic carbocycles. The molecule has 0 spiro atoms. The van der Waals surface area contributed by atoms with Crippen LogP contribution in [0.15, 0.2) is 30.5 Å². The second kappa shape index (κ2) is 8.90. The van der Waals surface area contributed by atoms with Crippen LogP contribution in [0.1, 0.15) is 26.3 Å². The Morgan fingerprint density at radius 1 is 1.18 bits per heavy atom. The fourth-order valence-electron chi connectivity index (χ4n) is 2.72. The average Bonchev–Trinajstić information content (AvgIpc) is 3.02. The van der Waals surface area contributed by atoms with Crippen molar-refractivity contribution >= 4 is 30.4 Å². The van der Waals surface area contributed by atoms with E-state index in [1.807, 2.05) is 24.3 Å². The van der Waals surface area contributed by atoms with E-state index in [-0.39, 0.29) is 6.42 Å². The fraction of sp³-hybridized carbons (Fsp3) is 0.474. The van der Waals surface area contributed by atoms with Gasteiger partial charge in [0.2, 0.25) is 0 Å². The summed E-state index contributed by atoms with van der Waals surface area (Å²) >= 11 is 0. The van der Waals surface area contributed by atoms with Crippen molar-refractivity contribution in [2.75, 3.05) is 20.4 Å². The van der Waals surface area contributed by atoms with Gasteiger partial charge >= 0.3 is 13.7 Å². The van der Waals surface area contributed by atoms with Crippen LogP contribution in [-0.4, -0.2) is 48.9 Å². The summed E-state index contributed by atoms with van der Waals surface area (Å²) in [7, 11) is -1.13. The topological polar surface area (TPSA) is 107 Å². The smallest absolute Gasteiger partial charge is 0.408 e. The predicted molar refractivity (Wildman–Crippen MR) is 107 cm³/mol. The number of aromatic nitrogens is 1. The molecule has 1 heterocycles. The fourth-order valence-corrected chi connectivity index (χ4v) is 3.73. The molecule has 1 amide bonds. The number of hydrogen-bond acceptors (Lipinski definition) is 6. The highest BCUT2D eigenvalue weighted by molar-refractivity contribution is 7.54. The number of Topliss-reactive ketones (excluding diaryl/α,β-unsaturated/α-hetero) is 1. The Hall–Kier alpha value is -2.15. The maximum atomic E-state index is 12.8. The maximum Gasteiger partial charge on any atom is 0.408 e. The van der Waals surface area contributed by atoms with Crippen LogP contribution in [0.3, 0.4) is 0 Å². The van der Waals surface area contributed by atoms with Gasteiger partial charge < -0.3 is 24.1 Å². The lowest BCUT2D eigenvalue weighted by atomic mass is 10.0. The highest BCUT2D eigenvalue weighted by Crippen LogP contribution is 2.46. The third kappa shape index (κ3) is 5.92. The molecule has 2 N–H and O–H groups in total. The van der Waals surface area contributed by atoms with Crippen LogP contribution in [0.4, 0.5) is 4.79 Å². The van der Waals surface area contributed by atoms with Crippen molar-refractivity contribution in [2.24, 2.45) is 0 Å². The van der Waals surface area contributed by atoms with Crippen molar-refractivity contribution in [3.05, 3.63) is 36.0 Å². The van der Waals surface area contributed by atoms with E-state index in [0.29, 0.717) is 0 Å². The van der Waals surface area contributed by atoms with Gasteiger partial charge in [0.25, 0.3) is 0 Å². The van der Waals surface area contributed by atoms with Crippen molar-refractivity contribution in [3.8, 4) is 0 Å². The van der Waals surface area contributed by atoms with Gasteiger partial charge in [0.1, 0.15) is 11.8 Å². The molecule has 0 bridgehead atoms. The molecule has 154 valence electrons. The lowest BCUT2D eigenvalue weighted by Gasteiger charge is -2.24. The highest BCUT2D eigenvalue weighted by atomic mass is 31.2. The number of amides is 1. The molecule has 0 unspecified atom stereocenters. The molecular weight excluding hydrogens is 383 g/mol. The number of ether oxygens (including phenoxy) is 1. The number of nitrogens with one attached hydrogen (secondary N) is 2. The van der Waals surface area contributed by atoms with Crippen LogP contribution < -0.4 is 5.32 Å². The normalized spacial score (nSPS) is 13.3. The van der Waals surface area contributed by atoms with E-state index >= 15 is 0 Å². The van der Waals surface area contributed by atoms with Crippen LogP contribution in [0.5, 0.6) is 0 Å². The third-order valence-electron chi connectivity index (χ3n) is 4.08. The largest absolute Gasteiger partial charge is 0.444 e. The number of carbonyl (C=O) groups is 2. The number of ketones is 1. The Balaban J connectivity index is 2.26. The number of para-hydroxylation sites is 1. The maximum absolute atomic E-state index is 12.8. The molecule has 1 atom stereocenters. The van der Waals surface area contributed by atoms with Crippen LogP contribution in [0.25, 0.3) is 10.9 Å². The van der Waals surface area contributed by atoms with Gasteiger partial charge in [-0.3, -0.25) is 9.36 Å². The lowest BCUT2D eigenvalue weighted by Crippen LogP contribution is -2.45. The molecule has 0 aliphatic rings. The van der Waals surface area contributed by atoms with Gasteiger partial charge in [-0.1, -0.05) is 18.2 Å². The first-order valence-electron chi connectivity index (χ1n) is 8.84. The van der Waals surface area contributed by atoms with Gasteiger partial charge in [-0.2, -0.15) is 0 Å². The summed E-state index contributed by atoms with van der Waals surface area (Å²) in [5, 5.41) is 3.53. The number of benzene rings is 1. The second-order valence-corrected chi connectivity index (χ2v) is 9.63. The SMILES string of the molecule is COP(=O)(CC(=O)[C@H](Cc1c[nH]c2ccccc12)NC(=O)OC(C)(C)C)OC. The van der Waals surface area contributed by atoms with Gasteiger partial charge in [-0.25, -0.2) is 4.79 Å². The molecule has 8 nitrogen and oxygen atoms in total. The molecular formula is C19H27N2O6P. The van der Waals surface area contributed by atoms with Gasteiger partial charge in [0, 0.05) is 37.7 Å². The number of hydrogen-bond donors (Lipinski definition) is 2. The van der Waals surface area contributed by atoms with Gasteiger partial charge in [0.05, 0.1) is 6.04 Å². The number of aromatic amines is 1. The highest BCUT2D eigenvalue weighted by Gasteiger charge is 2.32. The van der Waals surface area contributed by atoms with E-state index in [9.17, 15) is 14.2 Å². The van der Waals surface area contributed by atoms with Crippen molar-refractivity contribution in [3.63, 3.8) is 0 Å². The Bertz CT molecular complexity index is 878. The molecule has 2 rings (SSSR count). The van der Waals surface area contributed by atoms with E-state index in [4.69, 9.17) is 13.8 Å². The third-order valence-corrected chi connectivity index (χ3v) is 5.90. The lowest BCUT2D eigenvalue weighted by molar-refractivity contribution is -0.118. The number of H-pyrrole nitrogens is 1. The molecule has 0 saturated heterocycles. The van der Waals surface area contributed by atoms with Gasteiger partial charge in [-0.15, -0.1) is 0 Å². The zero-order chi connectivity index (χ0) is 20.9. The summed E-state index contributed by atoms with van der Waals surface area (Å²) in [6.45, 7) is 5.19. The minimum atomic E-state index is -3.56. The van der Waals surface area contributed by atoms with Gasteiger partial charge in [-0.05, 0) is 32.4 Å². The summed E-state index contributed by atoms with van der Waals surface area (Å²) in [6, 6.07) is 6.68. The van der Waals surface area contributed by atoms with Crippen molar-refractivity contribution in [1.29, 1.82) is 0 Å². The van der Waals surface area contributed by atoms with E-state index in [2.05, 4.69) is 10.3 Å². The molecule has 0 saturated carbocycles. The van der Waals surface area contributed by atoms with Crippen LogP contribution in [0.2, 0.25) is 0 Å². The van der Waals surface area contributed by atoms with Crippen LogP contribution >= 0.6 is 7.60 Å². The molecule has 0 aliphatic heterocycles. The summed E-state index contributed by atoms with van der Waals surface area (Å²) in [5.74, 6) is -0.469. The van der Waals surface area contributed by atoms with Gasteiger partial charge in [0.15, 0.2) is 5.78 Å². The standard InChI is InChI=1S/C19H27N2O6P/c1-19(2,3)27-18(23)21-16(17(22)12-28(24,25-4)26-5)10-13-11-20-15-9-7-6-8-14(13)15/h6-9,11,16,20H,10,12H2,1-5H3,(H,21,23)/t16-/m0/s1. The molecule has 0 radical (unpaired) electrons. The number of carbonyl (C=O) groups excluding carboxylic acids is 2. The summed E-state index contributed by atoms with van der Waals surface area (Å²) in [6.07, 6.45) is 0.807. The average molecular weight is 410 g/mol. The predicted octanol–water partition coefficient (Wildman–Crippen LogP) is 3.66. The van der Waals surface area contributed by atoms with Crippen LogP contribution in [-0.2, 0) is 29.6 Å². The molecule has 0 fully saturated rings. The monoisotopic (exact) mass is 410 g/mol. The minimum Gasteiger partial charge on any atom is -0.444 e. The number of alkyl carbamates (subject to hydrolysis) is 1. The molecule has 9 heteroatoms. The molecule has 1 aromatic carbocycles. The van der Waals surface area contributed by atoms with Crippen molar-refractivity contribution in [2.45, 2.75) is 38.8 Å². The Kier molecular flexibility index (Phi) is 7.04. The minimum absolute atomic E-state index is 0.204. The summed E-state index contributed by atoms with van der Waals surface area (Å²) in [4.78, 5) is 28.2. The first-order valence-corrected chi connectivity index (χ1v) is 10.6. The van der Waals surface area contributed by atoms with Crippen molar-refractivity contribution in [1.82, 2.24) is 10.3 Å². The molecule has 1 aromatic heterocycles. The zero-order valence-electron chi connectivity index (χ0n) is 16.8. The summed E-state index contributed by atoms with van der Waals surface area (Å²) < 4.78 is 27.4. The van der Waals surface area contributed by atoms with E-state index in [0.717, 1.165) is 16.5 Å². The van der Waals surface area contributed by atoms with E-state index in [1.54, 1.807) is 27.0 Å². The first kappa shape index (κ1) is 22.1. The quantitative estimate of drug-likeness (QED) is 0.643. The Morgan fingerprint density at radius 2 is 1.82 bits per heavy atom. The van der Waals surface area contributed by atoms with Crippen LogP contribution in [0, 0.1) is 0 Å². The van der Waals surface area contributed by atoms with E-state index in [1.165, 1.54) is 14.2 Å². The van der Waals surface area contributed by atoms with E-state index < -0.39 is 37.3 Å². The summed E-state index contributed by atoms with van der Waals surface area (Å²) in [5.41, 5.74) is 1.04. The van der Waals surface area contributed by atoms with Crippen molar-refractivity contribution < 1.29 is 27.9 Å². The number of fused-ring (bicyclic) bond motifs is 1. The zero-order valence-corrected chi connectivity index (χ0v) is 17.7. The molecule has 28 heavy (non-hydrogen) atoms. The molecule has 2 aromatic rings. The number of rotatable bonds is 8. The Labute approximate surface area is 164 Å². The second-order valence-electron chi connectivity index (χ2n) is 7.36. The first-order chi connectivity index (χ1) is 13.1. The Morgan fingerprint density at radius 3 is 2.43 bits per heavy atom.